The molecule has 0 radical (unpaired) electrons. The minimum atomic E-state index is -2.62. The van der Waals surface area contributed by atoms with Crippen LogP contribution in [0, 0.1) is 0 Å². The summed E-state index contributed by atoms with van der Waals surface area (Å²) in [4.78, 5) is 12.4. The van der Waals surface area contributed by atoms with Crippen molar-refractivity contribution in [2.24, 2.45) is 0 Å². The number of alkyl halides is 2. The molecule has 0 aromatic heterocycles. The van der Waals surface area contributed by atoms with Crippen molar-refractivity contribution in [2.45, 2.75) is 18.0 Å². The molecule has 0 amide bonds. The van der Waals surface area contributed by atoms with Crippen LogP contribution in [0.25, 0.3) is 0 Å². The quantitative estimate of drug-likeness (QED) is 0.378. The molecule has 27 heavy (non-hydrogen) atoms. The van der Waals surface area contributed by atoms with Gasteiger partial charge in [-0.25, -0.2) is 0 Å². The third-order valence-electron chi connectivity index (χ3n) is 4.94. The van der Waals surface area contributed by atoms with Crippen LogP contribution in [0.1, 0.15) is 12.8 Å². The Morgan fingerprint density at radius 2 is 1.11 bits per heavy atom. The third kappa shape index (κ3) is 4.27. The number of hydrogen-bond donors (Lipinski definition) is 0. The van der Waals surface area contributed by atoms with E-state index in [4.69, 9.17) is 23.2 Å². The van der Waals surface area contributed by atoms with Crippen molar-refractivity contribution >= 4 is 52.2 Å². The molecule has 0 saturated carbocycles. The first-order chi connectivity index (χ1) is 13.2. The molecule has 0 fully saturated rings. The molecule has 1 nitrogen and oxygen atoms in total. The van der Waals surface area contributed by atoms with E-state index in [0.717, 1.165) is 0 Å². The van der Waals surface area contributed by atoms with Gasteiger partial charge in [0.05, 0.1) is 0 Å². The summed E-state index contributed by atoms with van der Waals surface area (Å²) in [6, 6.07) is 31.2. The van der Waals surface area contributed by atoms with Crippen molar-refractivity contribution in [1.29, 1.82) is 0 Å². The topological polar surface area (TPSA) is 17.1 Å². The standard InChI is InChI=1S/C23H23Cl2OP/c24-17-16-19(26)18-23(25)27(20-10-4-1-5-11-20,21-12-6-2-7-13-21)22-14-8-3-9-15-22/h1-15,23,27H,16-18H2. The molecule has 0 heterocycles. The first-order valence-electron chi connectivity index (χ1n) is 9.08. The molecule has 3 aromatic rings. The number of benzene rings is 3. The summed E-state index contributed by atoms with van der Waals surface area (Å²) in [6.45, 7) is 0. The molecule has 1 unspecified atom stereocenters. The summed E-state index contributed by atoms with van der Waals surface area (Å²) in [6.07, 6.45) is 0.673. The van der Waals surface area contributed by atoms with Gasteiger partial charge in [-0.3, -0.25) is 0 Å². The second-order valence-corrected chi connectivity index (χ2v) is 11.9. The average molecular weight is 417 g/mol. The fourth-order valence-electron chi connectivity index (χ4n) is 3.71. The van der Waals surface area contributed by atoms with Crippen molar-refractivity contribution in [3.63, 3.8) is 0 Å². The van der Waals surface area contributed by atoms with Crippen molar-refractivity contribution in [3.8, 4) is 0 Å². The Balaban J connectivity index is 2.24. The zero-order valence-electron chi connectivity index (χ0n) is 15.0. The van der Waals surface area contributed by atoms with Crippen LogP contribution in [0.5, 0.6) is 0 Å². The van der Waals surface area contributed by atoms with Crippen LogP contribution in [0.15, 0.2) is 91.0 Å². The van der Waals surface area contributed by atoms with E-state index in [0.29, 0.717) is 18.7 Å². The van der Waals surface area contributed by atoms with Gasteiger partial charge in [0.15, 0.2) is 0 Å². The molecule has 3 rings (SSSR count). The zero-order chi connectivity index (χ0) is 19.1. The summed E-state index contributed by atoms with van der Waals surface area (Å²) in [5.74, 6) is 0.448. The van der Waals surface area contributed by atoms with Crippen LogP contribution in [-0.2, 0) is 4.79 Å². The first-order valence-corrected chi connectivity index (χ1v) is 12.1. The Labute approximate surface area is 171 Å². The fraction of sp³-hybridized carbons (Fsp3) is 0.174. The number of ketones is 1. The van der Waals surface area contributed by atoms with Crippen molar-refractivity contribution < 1.29 is 4.79 Å². The summed E-state index contributed by atoms with van der Waals surface area (Å²) in [5, 5.41) is 3.32. The van der Waals surface area contributed by atoms with Crippen molar-refractivity contribution in [2.75, 3.05) is 5.88 Å². The Bertz CT molecular complexity index is 757. The molecule has 0 aliphatic rings. The molecule has 1 atom stereocenters. The SMILES string of the molecule is O=C(CCCl)CC(Cl)[PH](c1ccccc1)(c1ccccc1)c1ccccc1. The van der Waals surface area contributed by atoms with Gasteiger partial charge in [-0.1, -0.05) is 0 Å². The van der Waals surface area contributed by atoms with Gasteiger partial charge >= 0.3 is 172 Å². The fourth-order valence-corrected chi connectivity index (χ4v) is 10.00. The van der Waals surface area contributed by atoms with Gasteiger partial charge in [-0.15, -0.1) is 0 Å². The van der Waals surface area contributed by atoms with Crippen LogP contribution in [0.4, 0.5) is 0 Å². The minimum absolute atomic E-state index is 0.115. The van der Waals surface area contributed by atoms with E-state index in [9.17, 15) is 4.79 Å². The Morgan fingerprint density at radius 3 is 1.44 bits per heavy atom. The van der Waals surface area contributed by atoms with Crippen LogP contribution < -0.4 is 15.9 Å². The molecular formula is C23H23Cl2OP. The number of rotatable bonds is 8. The van der Waals surface area contributed by atoms with Crippen LogP contribution in [0.2, 0.25) is 0 Å². The molecule has 0 aliphatic carbocycles. The van der Waals surface area contributed by atoms with E-state index < -0.39 is 7.26 Å². The average Bonchev–Trinajstić information content (AvgIpc) is 2.71. The van der Waals surface area contributed by atoms with Crippen LogP contribution in [0.3, 0.4) is 0 Å². The second-order valence-electron chi connectivity index (χ2n) is 6.56. The maximum atomic E-state index is 12.4. The first kappa shape index (κ1) is 20.1. The van der Waals surface area contributed by atoms with Crippen LogP contribution in [-0.4, -0.2) is 16.8 Å². The summed E-state index contributed by atoms with van der Waals surface area (Å²) >= 11 is 12.9. The summed E-state index contributed by atoms with van der Waals surface area (Å²) in [7, 11) is -2.62. The number of carbonyl (C=O) groups is 1. The number of carbonyl (C=O) groups excluding carboxylic acids is 1. The number of Topliss-reactive ketones (excluding diaryl/α,β-unsaturated/α-hetero) is 1. The molecule has 140 valence electrons. The van der Waals surface area contributed by atoms with Gasteiger partial charge in [0.1, 0.15) is 0 Å². The molecule has 3 aromatic carbocycles. The van der Waals surface area contributed by atoms with Crippen molar-refractivity contribution in [1.82, 2.24) is 0 Å². The third-order valence-corrected chi connectivity index (χ3v) is 11.1. The molecule has 0 spiro atoms. The van der Waals surface area contributed by atoms with Crippen LogP contribution >= 0.6 is 30.5 Å². The Morgan fingerprint density at radius 1 is 0.741 bits per heavy atom. The van der Waals surface area contributed by atoms with Gasteiger partial charge in [0.2, 0.25) is 0 Å². The summed E-state index contributed by atoms with van der Waals surface area (Å²) in [5.41, 5.74) is 0. The van der Waals surface area contributed by atoms with E-state index in [1.807, 2.05) is 54.6 Å². The van der Waals surface area contributed by atoms with E-state index >= 15 is 0 Å². The molecule has 0 bridgehead atoms. The predicted octanol–water partition coefficient (Wildman–Crippen LogP) is 4.87. The Hall–Kier alpha value is -1.66. The van der Waals surface area contributed by atoms with E-state index in [-0.39, 0.29) is 10.9 Å². The van der Waals surface area contributed by atoms with E-state index in [2.05, 4.69) is 36.4 Å². The van der Waals surface area contributed by atoms with Gasteiger partial charge in [-0.2, -0.15) is 0 Å². The van der Waals surface area contributed by atoms with Gasteiger partial charge in [-0.05, 0) is 0 Å². The molecular weight excluding hydrogens is 394 g/mol. The van der Waals surface area contributed by atoms with Gasteiger partial charge in [0.25, 0.3) is 0 Å². The summed E-state index contributed by atoms with van der Waals surface area (Å²) < 4.78 is 0. The van der Waals surface area contributed by atoms with E-state index in [1.165, 1.54) is 15.9 Å². The molecule has 4 heteroatoms. The maximum absolute atomic E-state index is 12.4. The molecule has 0 aliphatic heterocycles. The van der Waals surface area contributed by atoms with E-state index in [1.54, 1.807) is 0 Å². The number of hydrogen-bond acceptors (Lipinski definition) is 1. The molecule has 0 N–H and O–H groups in total. The van der Waals surface area contributed by atoms with Gasteiger partial charge in [0, 0.05) is 0 Å². The Kier molecular flexibility index (Phi) is 7.07. The normalized spacial score (nSPS) is 13.1. The predicted molar refractivity (Wildman–Crippen MR) is 121 cm³/mol. The van der Waals surface area contributed by atoms with Crippen molar-refractivity contribution in [3.05, 3.63) is 91.0 Å². The molecule has 0 saturated heterocycles. The monoisotopic (exact) mass is 416 g/mol. The second kappa shape index (κ2) is 9.51. The zero-order valence-corrected chi connectivity index (χ0v) is 17.5. The number of halogens is 2. The van der Waals surface area contributed by atoms with Gasteiger partial charge < -0.3 is 0 Å².